The molecule has 12 heavy (non-hydrogen) atoms. The van der Waals surface area contributed by atoms with Crippen molar-refractivity contribution in [1.82, 2.24) is 0 Å². The van der Waals surface area contributed by atoms with Crippen LogP contribution < -0.4 is 5.73 Å². The zero-order valence-corrected chi connectivity index (χ0v) is 7.50. The average molecular weight is 191 g/mol. The van der Waals surface area contributed by atoms with Crippen molar-refractivity contribution in [2.24, 2.45) is 11.7 Å². The fraction of sp³-hybridized carbons (Fsp3) is 0.714. The number of hydrogen-bond donors (Lipinski definition) is 2. The lowest BCUT2D eigenvalue weighted by Crippen LogP contribution is -2.34. The largest absolute Gasteiger partial charge is 0.330 e. The Kier molecular flexibility index (Phi) is 2.87. The number of rotatable bonds is 2. The van der Waals surface area contributed by atoms with Gasteiger partial charge in [-0.15, -0.1) is 0 Å². The van der Waals surface area contributed by atoms with Gasteiger partial charge in [0.1, 0.15) is 5.25 Å². The second-order valence-corrected chi connectivity index (χ2v) is 4.56. The van der Waals surface area contributed by atoms with E-state index in [-0.39, 0.29) is 5.92 Å². The molecule has 1 rings (SSSR count). The van der Waals surface area contributed by atoms with E-state index in [0.29, 0.717) is 6.54 Å². The molecule has 1 aliphatic rings. The maximum absolute atomic E-state index is 10.8. The Bertz CT molecular complexity index is 270. The molecule has 70 valence electrons. The zero-order chi connectivity index (χ0) is 9.19. The lowest BCUT2D eigenvalue weighted by Gasteiger charge is -2.23. The molecule has 2 unspecified atom stereocenters. The van der Waals surface area contributed by atoms with Gasteiger partial charge in [0.15, 0.2) is 0 Å². The predicted molar refractivity (Wildman–Crippen MR) is 46.3 cm³/mol. The van der Waals surface area contributed by atoms with Crippen LogP contribution >= 0.6 is 0 Å². The highest BCUT2D eigenvalue weighted by molar-refractivity contribution is 7.86. The Morgan fingerprint density at radius 2 is 2.25 bits per heavy atom. The number of nitrogens with two attached hydrogens (primary N) is 1. The molecule has 0 aliphatic heterocycles. The molecule has 4 nitrogen and oxygen atoms in total. The summed E-state index contributed by atoms with van der Waals surface area (Å²) in [4.78, 5) is 0. The minimum absolute atomic E-state index is 0.134. The van der Waals surface area contributed by atoms with Gasteiger partial charge in [-0.3, -0.25) is 4.55 Å². The Labute approximate surface area is 72.2 Å². The van der Waals surface area contributed by atoms with E-state index in [9.17, 15) is 8.42 Å². The predicted octanol–water partition coefficient (Wildman–Crippen LogP) is 0.168. The van der Waals surface area contributed by atoms with Crippen LogP contribution in [0, 0.1) is 5.92 Å². The van der Waals surface area contributed by atoms with Gasteiger partial charge in [0.2, 0.25) is 0 Å². The molecule has 0 spiro atoms. The first-order valence-corrected chi connectivity index (χ1v) is 5.39. The normalized spacial score (nSPS) is 30.5. The maximum Gasteiger partial charge on any atom is 0.271 e. The highest BCUT2D eigenvalue weighted by Gasteiger charge is 2.30. The molecule has 0 bridgehead atoms. The van der Waals surface area contributed by atoms with Crippen LogP contribution in [-0.2, 0) is 10.1 Å². The van der Waals surface area contributed by atoms with Crippen LogP contribution in [0.15, 0.2) is 12.2 Å². The molecule has 0 aromatic rings. The molecular weight excluding hydrogens is 178 g/mol. The smallest absolute Gasteiger partial charge is 0.271 e. The fourth-order valence-electron chi connectivity index (χ4n) is 1.46. The third-order valence-electron chi connectivity index (χ3n) is 2.14. The lowest BCUT2D eigenvalue weighted by atomic mass is 9.94. The second-order valence-electron chi connectivity index (χ2n) is 2.98. The molecule has 3 N–H and O–H groups in total. The maximum atomic E-state index is 10.8. The Balaban J connectivity index is 2.86. The van der Waals surface area contributed by atoms with Crippen molar-refractivity contribution < 1.29 is 13.0 Å². The van der Waals surface area contributed by atoms with E-state index < -0.39 is 15.4 Å². The van der Waals surface area contributed by atoms with Crippen molar-refractivity contribution in [2.75, 3.05) is 6.54 Å². The van der Waals surface area contributed by atoms with Crippen LogP contribution in [0.1, 0.15) is 12.8 Å². The molecule has 1 aliphatic carbocycles. The monoisotopic (exact) mass is 191 g/mol. The molecule has 0 aromatic heterocycles. The van der Waals surface area contributed by atoms with Gasteiger partial charge in [-0.25, -0.2) is 0 Å². The van der Waals surface area contributed by atoms with Crippen LogP contribution in [0.4, 0.5) is 0 Å². The van der Waals surface area contributed by atoms with Crippen LogP contribution in [0.25, 0.3) is 0 Å². The van der Waals surface area contributed by atoms with Gasteiger partial charge in [-0.05, 0) is 25.3 Å². The number of allylic oxidation sites excluding steroid dienone is 1. The van der Waals surface area contributed by atoms with Crippen molar-refractivity contribution in [3.8, 4) is 0 Å². The number of hydrogen-bond acceptors (Lipinski definition) is 3. The fourth-order valence-corrected chi connectivity index (χ4v) is 2.50. The Morgan fingerprint density at radius 1 is 1.58 bits per heavy atom. The minimum Gasteiger partial charge on any atom is -0.330 e. The van der Waals surface area contributed by atoms with E-state index in [1.807, 2.05) is 0 Å². The van der Waals surface area contributed by atoms with Crippen molar-refractivity contribution in [3.63, 3.8) is 0 Å². The van der Waals surface area contributed by atoms with Crippen molar-refractivity contribution in [2.45, 2.75) is 18.1 Å². The molecule has 5 heteroatoms. The Morgan fingerprint density at radius 3 is 2.67 bits per heavy atom. The summed E-state index contributed by atoms with van der Waals surface area (Å²) in [5.74, 6) is -0.134. The molecule has 0 aromatic carbocycles. The van der Waals surface area contributed by atoms with Crippen molar-refractivity contribution in [1.29, 1.82) is 0 Å². The molecule has 0 heterocycles. The van der Waals surface area contributed by atoms with Gasteiger partial charge in [0.05, 0.1) is 0 Å². The van der Waals surface area contributed by atoms with Crippen LogP contribution in [0.5, 0.6) is 0 Å². The Hall–Kier alpha value is -0.390. The zero-order valence-electron chi connectivity index (χ0n) is 6.68. The van der Waals surface area contributed by atoms with E-state index in [1.54, 1.807) is 6.08 Å². The summed E-state index contributed by atoms with van der Waals surface area (Å²) in [6.07, 6.45) is 4.87. The standard InChI is InChI=1S/C7H13NO3S/c8-5-6-3-1-2-4-7(6)12(9,10)11/h2,4,6-7H,1,3,5,8H2,(H,9,10,11). The van der Waals surface area contributed by atoms with Crippen LogP contribution in [0.3, 0.4) is 0 Å². The second kappa shape index (κ2) is 3.55. The summed E-state index contributed by atoms with van der Waals surface area (Å²) in [7, 11) is -3.95. The van der Waals surface area contributed by atoms with Crippen LogP contribution in [0.2, 0.25) is 0 Å². The van der Waals surface area contributed by atoms with E-state index in [4.69, 9.17) is 10.3 Å². The average Bonchev–Trinajstić information content (AvgIpc) is 2.03. The molecule has 0 radical (unpaired) electrons. The third kappa shape index (κ3) is 2.06. The molecule has 0 fully saturated rings. The van der Waals surface area contributed by atoms with Crippen molar-refractivity contribution in [3.05, 3.63) is 12.2 Å². The first-order valence-electron chi connectivity index (χ1n) is 3.88. The van der Waals surface area contributed by atoms with Gasteiger partial charge in [0, 0.05) is 0 Å². The lowest BCUT2D eigenvalue weighted by molar-refractivity contribution is 0.424. The van der Waals surface area contributed by atoms with E-state index in [0.717, 1.165) is 12.8 Å². The summed E-state index contributed by atoms with van der Waals surface area (Å²) in [6.45, 7) is 0.300. The highest BCUT2D eigenvalue weighted by atomic mass is 32.2. The van der Waals surface area contributed by atoms with Gasteiger partial charge in [-0.1, -0.05) is 12.2 Å². The SMILES string of the molecule is NCC1CCC=CC1S(=O)(=O)O. The first-order chi connectivity index (χ1) is 5.55. The van der Waals surface area contributed by atoms with E-state index >= 15 is 0 Å². The first kappa shape index (κ1) is 9.70. The van der Waals surface area contributed by atoms with Gasteiger partial charge < -0.3 is 5.73 Å². The van der Waals surface area contributed by atoms with Gasteiger partial charge in [-0.2, -0.15) is 8.42 Å². The summed E-state index contributed by atoms with van der Waals surface area (Å²) >= 11 is 0. The quantitative estimate of drug-likeness (QED) is 0.481. The summed E-state index contributed by atoms with van der Waals surface area (Å²) in [5, 5.41) is -0.795. The third-order valence-corrected chi connectivity index (χ3v) is 3.37. The summed E-state index contributed by atoms with van der Waals surface area (Å²) in [6, 6.07) is 0. The molecule has 0 saturated heterocycles. The topological polar surface area (TPSA) is 80.4 Å². The van der Waals surface area contributed by atoms with Gasteiger partial charge in [0.25, 0.3) is 10.1 Å². The highest BCUT2D eigenvalue weighted by Crippen LogP contribution is 2.22. The summed E-state index contributed by atoms with van der Waals surface area (Å²) < 4.78 is 30.4. The molecule has 0 saturated carbocycles. The summed E-state index contributed by atoms with van der Waals surface area (Å²) in [5.41, 5.74) is 5.38. The van der Waals surface area contributed by atoms with E-state index in [2.05, 4.69) is 0 Å². The molecule has 2 atom stereocenters. The minimum atomic E-state index is -3.95. The molecular formula is C7H13NO3S. The van der Waals surface area contributed by atoms with Gasteiger partial charge >= 0.3 is 0 Å². The van der Waals surface area contributed by atoms with E-state index in [1.165, 1.54) is 6.08 Å². The molecule has 0 amide bonds. The van der Waals surface area contributed by atoms with Crippen LogP contribution in [-0.4, -0.2) is 24.8 Å². The van der Waals surface area contributed by atoms with Crippen molar-refractivity contribution >= 4 is 10.1 Å².